The number of benzene rings is 2. The zero-order valence-electron chi connectivity index (χ0n) is 11.9. The smallest absolute Gasteiger partial charge is 0.186 e. The molecule has 0 saturated heterocycles. The molecule has 2 aromatic heterocycles. The van der Waals surface area contributed by atoms with E-state index in [2.05, 4.69) is 26.2 Å². The van der Waals surface area contributed by atoms with Crippen molar-refractivity contribution in [1.29, 1.82) is 0 Å². The van der Waals surface area contributed by atoms with Crippen LogP contribution in [0.25, 0.3) is 33.1 Å². The molecule has 0 radical (unpaired) electrons. The minimum absolute atomic E-state index is 0.420. The lowest BCUT2D eigenvalue weighted by atomic mass is 10.0. The summed E-state index contributed by atoms with van der Waals surface area (Å²) >= 11 is 0. The zero-order valence-corrected chi connectivity index (χ0v) is 11.9. The first-order chi connectivity index (χ1) is 10.8. The molecule has 2 aromatic carbocycles. The van der Waals surface area contributed by atoms with Gasteiger partial charge in [0.2, 0.25) is 0 Å². The summed E-state index contributed by atoms with van der Waals surface area (Å²) in [4.78, 5) is 8.16. The maximum absolute atomic E-state index is 5.96. The number of aromatic amines is 1. The van der Waals surface area contributed by atoms with Crippen LogP contribution in [0, 0.1) is 0 Å². The predicted molar refractivity (Wildman–Crippen MR) is 85.6 cm³/mol. The lowest BCUT2D eigenvalue weighted by Gasteiger charge is -2.05. The molecule has 22 heavy (non-hydrogen) atoms. The Balaban J connectivity index is 1.93. The molecular formula is C16H13N5O. The second kappa shape index (κ2) is 4.70. The Morgan fingerprint density at radius 3 is 2.73 bits per heavy atom. The van der Waals surface area contributed by atoms with Gasteiger partial charge in [0.25, 0.3) is 0 Å². The molecular weight excluding hydrogens is 278 g/mol. The quantitative estimate of drug-likeness (QED) is 0.592. The topological polar surface area (TPSA) is 89.7 Å². The van der Waals surface area contributed by atoms with Gasteiger partial charge in [-0.25, -0.2) is 9.97 Å². The molecule has 0 fully saturated rings. The van der Waals surface area contributed by atoms with Gasteiger partial charge in [-0.3, -0.25) is 5.10 Å². The van der Waals surface area contributed by atoms with Crippen LogP contribution in [0.2, 0.25) is 0 Å². The number of H-pyrrole nitrogens is 1. The molecule has 0 amide bonds. The summed E-state index contributed by atoms with van der Waals surface area (Å²) in [5, 5.41) is 10.1. The van der Waals surface area contributed by atoms with Crippen LogP contribution in [0.4, 0.5) is 5.82 Å². The minimum atomic E-state index is 0.420. The molecule has 0 atom stereocenters. The van der Waals surface area contributed by atoms with Gasteiger partial charge in [0.05, 0.1) is 18.2 Å². The molecule has 0 bridgehead atoms. The van der Waals surface area contributed by atoms with Crippen LogP contribution >= 0.6 is 0 Å². The number of aromatic nitrogens is 4. The van der Waals surface area contributed by atoms with Gasteiger partial charge in [0.1, 0.15) is 17.9 Å². The Bertz CT molecular complexity index is 992. The number of nitrogens with two attached hydrogens (primary N) is 1. The first-order valence-corrected chi connectivity index (χ1v) is 6.79. The number of nitrogens with one attached hydrogen (secondary N) is 1. The van der Waals surface area contributed by atoms with Crippen molar-refractivity contribution in [2.24, 2.45) is 0 Å². The van der Waals surface area contributed by atoms with Crippen LogP contribution in [0.3, 0.4) is 0 Å². The van der Waals surface area contributed by atoms with E-state index in [9.17, 15) is 0 Å². The number of fused-ring (bicyclic) bond motifs is 2. The summed E-state index contributed by atoms with van der Waals surface area (Å²) in [6.45, 7) is 0. The first kappa shape index (κ1) is 12.6. The van der Waals surface area contributed by atoms with E-state index >= 15 is 0 Å². The Morgan fingerprint density at radius 2 is 1.86 bits per heavy atom. The zero-order chi connectivity index (χ0) is 15.1. The van der Waals surface area contributed by atoms with E-state index in [4.69, 9.17) is 10.5 Å². The number of ether oxygens (including phenoxy) is 1. The summed E-state index contributed by atoms with van der Waals surface area (Å²) < 4.78 is 5.25. The molecule has 0 saturated carbocycles. The van der Waals surface area contributed by atoms with E-state index in [0.717, 1.165) is 33.2 Å². The fourth-order valence-corrected chi connectivity index (χ4v) is 2.59. The number of hydrogen-bond acceptors (Lipinski definition) is 5. The molecule has 6 heteroatoms. The van der Waals surface area contributed by atoms with Gasteiger partial charge < -0.3 is 10.5 Å². The van der Waals surface area contributed by atoms with Crippen LogP contribution < -0.4 is 10.5 Å². The van der Waals surface area contributed by atoms with E-state index in [0.29, 0.717) is 11.5 Å². The van der Waals surface area contributed by atoms with Crippen molar-refractivity contribution in [2.75, 3.05) is 12.8 Å². The maximum Gasteiger partial charge on any atom is 0.186 e. The lowest BCUT2D eigenvalue weighted by molar-refractivity contribution is 0.415. The largest absolute Gasteiger partial charge is 0.497 e. The van der Waals surface area contributed by atoms with Gasteiger partial charge in [-0.1, -0.05) is 18.2 Å². The Morgan fingerprint density at radius 1 is 1.05 bits per heavy atom. The molecule has 108 valence electrons. The fourth-order valence-electron chi connectivity index (χ4n) is 2.59. The third-order valence-corrected chi connectivity index (χ3v) is 3.72. The lowest BCUT2D eigenvalue weighted by Crippen LogP contribution is -1.92. The highest BCUT2D eigenvalue weighted by atomic mass is 16.5. The van der Waals surface area contributed by atoms with E-state index in [1.807, 2.05) is 30.3 Å². The first-order valence-electron chi connectivity index (χ1n) is 6.79. The van der Waals surface area contributed by atoms with Crippen molar-refractivity contribution < 1.29 is 4.74 Å². The molecule has 2 heterocycles. The average molecular weight is 291 g/mol. The van der Waals surface area contributed by atoms with Gasteiger partial charge in [-0.05, 0) is 29.0 Å². The number of nitrogen functional groups attached to an aromatic ring is 1. The Labute approximate surface area is 126 Å². The molecule has 0 aliphatic rings. The van der Waals surface area contributed by atoms with E-state index in [1.165, 1.54) is 6.33 Å². The molecule has 0 aliphatic carbocycles. The Hall–Kier alpha value is -3.15. The maximum atomic E-state index is 5.96. The van der Waals surface area contributed by atoms with Crippen molar-refractivity contribution in [3.8, 4) is 17.0 Å². The monoisotopic (exact) mass is 291 g/mol. The number of nitrogens with zero attached hydrogens (tertiary/aromatic N) is 3. The molecule has 3 N–H and O–H groups in total. The Kier molecular flexibility index (Phi) is 2.69. The third-order valence-electron chi connectivity index (χ3n) is 3.72. The number of hydrogen-bond donors (Lipinski definition) is 2. The summed E-state index contributed by atoms with van der Waals surface area (Å²) in [5.41, 5.74) is 8.34. The van der Waals surface area contributed by atoms with Crippen LogP contribution in [0.1, 0.15) is 0 Å². The molecule has 4 aromatic rings. The molecule has 0 spiro atoms. The highest BCUT2D eigenvalue weighted by Crippen LogP contribution is 2.31. The number of rotatable bonds is 2. The van der Waals surface area contributed by atoms with Gasteiger partial charge in [0, 0.05) is 5.56 Å². The number of methoxy groups -OCH3 is 1. The molecule has 4 rings (SSSR count). The standard InChI is InChI=1S/C16H13N5O/c1-22-12-5-4-9-6-11(3-2-10(9)7-12)14-13-15(17)18-8-19-16(13)21-20-14/h2-8H,1H3,(H3,17,18,19,20,21). The average Bonchev–Trinajstić information content (AvgIpc) is 2.99. The highest BCUT2D eigenvalue weighted by Gasteiger charge is 2.12. The molecule has 6 nitrogen and oxygen atoms in total. The predicted octanol–water partition coefficient (Wildman–Crippen LogP) is 2.76. The van der Waals surface area contributed by atoms with Crippen molar-refractivity contribution in [2.45, 2.75) is 0 Å². The van der Waals surface area contributed by atoms with E-state index < -0.39 is 0 Å². The van der Waals surface area contributed by atoms with Crippen LogP contribution in [0.5, 0.6) is 5.75 Å². The molecule has 0 aliphatic heterocycles. The van der Waals surface area contributed by atoms with Gasteiger partial charge in [0.15, 0.2) is 5.65 Å². The summed E-state index contributed by atoms with van der Waals surface area (Å²) in [6.07, 6.45) is 1.41. The number of anilines is 1. The van der Waals surface area contributed by atoms with Crippen molar-refractivity contribution in [3.05, 3.63) is 42.7 Å². The van der Waals surface area contributed by atoms with Crippen molar-refractivity contribution in [1.82, 2.24) is 20.2 Å². The summed E-state index contributed by atoms with van der Waals surface area (Å²) in [5.74, 6) is 1.26. The second-order valence-electron chi connectivity index (χ2n) is 4.98. The van der Waals surface area contributed by atoms with Crippen molar-refractivity contribution in [3.63, 3.8) is 0 Å². The van der Waals surface area contributed by atoms with Crippen LogP contribution in [-0.2, 0) is 0 Å². The van der Waals surface area contributed by atoms with Gasteiger partial charge in [-0.15, -0.1) is 0 Å². The van der Waals surface area contributed by atoms with Gasteiger partial charge in [-0.2, -0.15) is 5.10 Å². The molecule has 0 unspecified atom stereocenters. The van der Waals surface area contributed by atoms with E-state index in [1.54, 1.807) is 7.11 Å². The van der Waals surface area contributed by atoms with Crippen LogP contribution in [-0.4, -0.2) is 27.3 Å². The SMILES string of the molecule is COc1ccc2cc(-c3[nH]nc4ncnc(N)c34)ccc2c1. The normalized spacial score (nSPS) is 11.1. The van der Waals surface area contributed by atoms with Gasteiger partial charge >= 0.3 is 0 Å². The fraction of sp³-hybridized carbons (Fsp3) is 0.0625. The minimum Gasteiger partial charge on any atom is -0.497 e. The van der Waals surface area contributed by atoms with Crippen LogP contribution in [0.15, 0.2) is 42.7 Å². The summed E-state index contributed by atoms with van der Waals surface area (Å²) in [7, 11) is 1.66. The second-order valence-corrected chi connectivity index (χ2v) is 4.98. The summed E-state index contributed by atoms with van der Waals surface area (Å²) in [6, 6.07) is 12.1. The highest BCUT2D eigenvalue weighted by molar-refractivity contribution is 5.99. The third kappa shape index (κ3) is 1.85. The van der Waals surface area contributed by atoms with Crippen molar-refractivity contribution >= 4 is 27.6 Å². The van der Waals surface area contributed by atoms with E-state index in [-0.39, 0.29) is 0 Å².